The highest BCUT2D eigenvalue weighted by molar-refractivity contribution is 5.78. The SMILES string of the molecule is Cc1cc(C)n(-c2cc(NCCNC(=O)C3CCCC3)nc(C)n2)n1. The van der Waals surface area contributed by atoms with E-state index >= 15 is 0 Å². The molecule has 0 radical (unpaired) electrons. The lowest BCUT2D eigenvalue weighted by molar-refractivity contribution is -0.124. The predicted octanol–water partition coefficient (Wildman–Crippen LogP) is 2.31. The van der Waals surface area contributed by atoms with Crippen LogP contribution in [0, 0.1) is 26.7 Å². The van der Waals surface area contributed by atoms with Gasteiger partial charge in [-0.3, -0.25) is 4.79 Å². The van der Waals surface area contributed by atoms with Crippen molar-refractivity contribution in [2.24, 2.45) is 5.92 Å². The Kier molecular flexibility index (Phi) is 5.31. The van der Waals surface area contributed by atoms with Gasteiger partial charge < -0.3 is 10.6 Å². The number of carbonyl (C=O) groups excluding carboxylic acids is 1. The highest BCUT2D eigenvalue weighted by Gasteiger charge is 2.21. The monoisotopic (exact) mass is 342 g/mol. The maximum atomic E-state index is 12.0. The Labute approximate surface area is 148 Å². The van der Waals surface area contributed by atoms with E-state index in [0.717, 1.165) is 35.9 Å². The van der Waals surface area contributed by atoms with Crippen LogP contribution in [0.25, 0.3) is 5.82 Å². The zero-order chi connectivity index (χ0) is 17.8. The maximum Gasteiger partial charge on any atom is 0.223 e. The molecule has 7 nitrogen and oxygen atoms in total. The summed E-state index contributed by atoms with van der Waals surface area (Å²) in [7, 11) is 0. The van der Waals surface area contributed by atoms with Crippen molar-refractivity contribution in [1.29, 1.82) is 0 Å². The van der Waals surface area contributed by atoms with Crippen molar-refractivity contribution >= 4 is 11.7 Å². The molecular formula is C18H26N6O. The number of rotatable bonds is 6. The third-order valence-electron chi connectivity index (χ3n) is 4.51. The molecule has 25 heavy (non-hydrogen) atoms. The fraction of sp³-hybridized carbons (Fsp3) is 0.556. The Morgan fingerprint density at radius 3 is 2.60 bits per heavy atom. The van der Waals surface area contributed by atoms with E-state index in [4.69, 9.17) is 0 Å². The Bertz CT molecular complexity index is 748. The molecule has 0 aliphatic heterocycles. The molecule has 134 valence electrons. The quantitative estimate of drug-likeness (QED) is 0.787. The molecule has 0 unspecified atom stereocenters. The summed E-state index contributed by atoms with van der Waals surface area (Å²) in [6, 6.07) is 3.90. The molecule has 0 atom stereocenters. The first kappa shape index (κ1) is 17.4. The van der Waals surface area contributed by atoms with E-state index in [9.17, 15) is 4.79 Å². The number of hydrogen-bond donors (Lipinski definition) is 2. The lowest BCUT2D eigenvalue weighted by Crippen LogP contribution is -2.33. The molecule has 1 aliphatic carbocycles. The van der Waals surface area contributed by atoms with Gasteiger partial charge in [0.1, 0.15) is 11.6 Å². The van der Waals surface area contributed by atoms with Crippen LogP contribution in [0.1, 0.15) is 42.9 Å². The van der Waals surface area contributed by atoms with E-state index in [1.54, 1.807) is 0 Å². The van der Waals surface area contributed by atoms with Crippen LogP contribution in [0.3, 0.4) is 0 Å². The molecule has 0 saturated heterocycles. The van der Waals surface area contributed by atoms with Crippen LogP contribution in [0.2, 0.25) is 0 Å². The van der Waals surface area contributed by atoms with Crippen molar-refractivity contribution in [3.05, 3.63) is 29.3 Å². The summed E-state index contributed by atoms with van der Waals surface area (Å²) in [5.41, 5.74) is 1.99. The molecular weight excluding hydrogens is 316 g/mol. The highest BCUT2D eigenvalue weighted by Crippen LogP contribution is 2.24. The van der Waals surface area contributed by atoms with Gasteiger partial charge in [0.05, 0.1) is 5.69 Å². The minimum atomic E-state index is 0.182. The first-order valence-corrected chi connectivity index (χ1v) is 8.94. The van der Waals surface area contributed by atoms with E-state index < -0.39 is 0 Å². The van der Waals surface area contributed by atoms with E-state index in [1.807, 2.05) is 37.6 Å². The smallest absolute Gasteiger partial charge is 0.223 e. The van der Waals surface area contributed by atoms with Crippen LogP contribution in [0.4, 0.5) is 5.82 Å². The van der Waals surface area contributed by atoms with Gasteiger partial charge in [-0.1, -0.05) is 12.8 Å². The number of anilines is 1. The second-order valence-corrected chi connectivity index (χ2v) is 6.70. The van der Waals surface area contributed by atoms with Crippen molar-refractivity contribution < 1.29 is 4.79 Å². The molecule has 3 rings (SSSR count). The molecule has 2 aromatic rings. The average Bonchev–Trinajstić information content (AvgIpc) is 3.20. The van der Waals surface area contributed by atoms with Gasteiger partial charge in [0.15, 0.2) is 5.82 Å². The Morgan fingerprint density at radius 2 is 1.92 bits per heavy atom. The summed E-state index contributed by atoms with van der Waals surface area (Å²) in [6.07, 6.45) is 4.39. The van der Waals surface area contributed by atoms with Gasteiger partial charge >= 0.3 is 0 Å². The zero-order valence-electron chi connectivity index (χ0n) is 15.2. The molecule has 0 aromatic carbocycles. The number of aromatic nitrogens is 4. The number of hydrogen-bond acceptors (Lipinski definition) is 5. The second kappa shape index (κ2) is 7.63. The first-order chi connectivity index (χ1) is 12.0. The minimum absolute atomic E-state index is 0.182. The molecule has 1 fully saturated rings. The topological polar surface area (TPSA) is 84.7 Å². The zero-order valence-corrected chi connectivity index (χ0v) is 15.2. The van der Waals surface area contributed by atoms with Gasteiger partial charge in [-0.15, -0.1) is 0 Å². The molecule has 1 amide bonds. The molecule has 2 aromatic heterocycles. The number of amides is 1. The van der Waals surface area contributed by atoms with Gasteiger partial charge in [-0.2, -0.15) is 5.10 Å². The highest BCUT2D eigenvalue weighted by atomic mass is 16.1. The van der Waals surface area contributed by atoms with Crippen LogP contribution < -0.4 is 10.6 Å². The van der Waals surface area contributed by atoms with Crippen LogP contribution >= 0.6 is 0 Å². The maximum absolute atomic E-state index is 12.0. The summed E-state index contributed by atoms with van der Waals surface area (Å²) in [5.74, 6) is 2.56. The van der Waals surface area contributed by atoms with E-state index in [2.05, 4.69) is 25.7 Å². The van der Waals surface area contributed by atoms with Crippen LogP contribution in [0.15, 0.2) is 12.1 Å². The van der Waals surface area contributed by atoms with E-state index in [-0.39, 0.29) is 11.8 Å². The summed E-state index contributed by atoms with van der Waals surface area (Å²) in [6.45, 7) is 7.05. The van der Waals surface area contributed by atoms with Crippen molar-refractivity contribution in [2.45, 2.75) is 46.5 Å². The third-order valence-corrected chi connectivity index (χ3v) is 4.51. The molecule has 1 saturated carbocycles. The lowest BCUT2D eigenvalue weighted by atomic mass is 10.1. The number of nitrogens with zero attached hydrogens (tertiary/aromatic N) is 4. The van der Waals surface area contributed by atoms with Crippen LogP contribution in [-0.4, -0.2) is 38.7 Å². The van der Waals surface area contributed by atoms with E-state index in [0.29, 0.717) is 18.9 Å². The molecule has 2 N–H and O–H groups in total. The van der Waals surface area contributed by atoms with Crippen molar-refractivity contribution in [2.75, 3.05) is 18.4 Å². The van der Waals surface area contributed by atoms with Crippen molar-refractivity contribution in [3.8, 4) is 5.82 Å². The van der Waals surface area contributed by atoms with Gasteiger partial charge in [0, 0.05) is 30.8 Å². The summed E-state index contributed by atoms with van der Waals surface area (Å²) >= 11 is 0. The predicted molar refractivity (Wildman–Crippen MR) is 96.8 cm³/mol. The molecule has 1 aliphatic rings. The molecule has 2 heterocycles. The number of aryl methyl sites for hydroxylation is 3. The van der Waals surface area contributed by atoms with Crippen LogP contribution in [-0.2, 0) is 4.79 Å². The minimum Gasteiger partial charge on any atom is -0.368 e. The largest absolute Gasteiger partial charge is 0.368 e. The van der Waals surface area contributed by atoms with Crippen molar-refractivity contribution in [3.63, 3.8) is 0 Å². The lowest BCUT2D eigenvalue weighted by Gasteiger charge is -2.12. The summed E-state index contributed by atoms with van der Waals surface area (Å²) in [4.78, 5) is 20.9. The van der Waals surface area contributed by atoms with Gasteiger partial charge in [0.2, 0.25) is 5.91 Å². The normalized spacial score (nSPS) is 14.7. The molecule has 0 bridgehead atoms. The van der Waals surface area contributed by atoms with Gasteiger partial charge in [0.25, 0.3) is 0 Å². The molecule has 0 spiro atoms. The van der Waals surface area contributed by atoms with Gasteiger partial charge in [-0.05, 0) is 39.7 Å². The van der Waals surface area contributed by atoms with E-state index in [1.165, 1.54) is 12.8 Å². The first-order valence-electron chi connectivity index (χ1n) is 8.94. The summed E-state index contributed by atoms with van der Waals surface area (Å²) in [5, 5.41) is 10.7. The average molecular weight is 342 g/mol. The van der Waals surface area contributed by atoms with Crippen molar-refractivity contribution in [1.82, 2.24) is 25.1 Å². The Morgan fingerprint density at radius 1 is 1.16 bits per heavy atom. The third kappa shape index (κ3) is 4.35. The van der Waals surface area contributed by atoms with Crippen LogP contribution in [0.5, 0.6) is 0 Å². The Hall–Kier alpha value is -2.44. The molecule has 7 heteroatoms. The van der Waals surface area contributed by atoms with Gasteiger partial charge in [-0.25, -0.2) is 14.6 Å². The Balaban J connectivity index is 1.57. The fourth-order valence-electron chi connectivity index (χ4n) is 3.32. The second-order valence-electron chi connectivity index (χ2n) is 6.70. The standard InChI is InChI=1S/C18H26N6O/c1-12-10-13(2)24(23-12)17-11-16(21-14(3)22-17)19-8-9-20-18(25)15-6-4-5-7-15/h10-11,15H,4-9H2,1-3H3,(H,20,25)(H,19,21,22). The number of nitrogens with one attached hydrogen (secondary N) is 2. The summed E-state index contributed by atoms with van der Waals surface area (Å²) < 4.78 is 1.82. The fourth-order valence-corrected chi connectivity index (χ4v) is 3.32. The number of carbonyl (C=O) groups is 1.